The number of benzene rings is 1. The zero-order valence-corrected chi connectivity index (χ0v) is 17.5. The van der Waals surface area contributed by atoms with Crippen molar-refractivity contribution in [1.29, 1.82) is 0 Å². The van der Waals surface area contributed by atoms with Gasteiger partial charge in [0.05, 0.1) is 11.4 Å². The Morgan fingerprint density at radius 2 is 2.03 bits per heavy atom. The van der Waals surface area contributed by atoms with Crippen molar-refractivity contribution >= 4 is 34.2 Å². The maximum Gasteiger partial charge on any atom is 0.309 e. The summed E-state index contributed by atoms with van der Waals surface area (Å²) in [6.07, 6.45) is 1.54. The number of aryl methyl sites for hydroxylation is 2. The van der Waals surface area contributed by atoms with Gasteiger partial charge >= 0.3 is 11.8 Å². The van der Waals surface area contributed by atoms with Crippen LogP contribution in [0.1, 0.15) is 39.0 Å². The summed E-state index contributed by atoms with van der Waals surface area (Å²) in [4.78, 5) is 20.6. The Bertz CT molecular complexity index is 1280. The smallest absolute Gasteiger partial charge is 0.309 e. The van der Waals surface area contributed by atoms with Crippen molar-refractivity contribution in [3.05, 3.63) is 75.5 Å². The van der Waals surface area contributed by atoms with Gasteiger partial charge in [0.2, 0.25) is 5.89 Å². The van der Waals surface area contributed by atoms with E-state index in [9.17, 15) is 9.18 Å². The minimum Gasteiger partial charge on any atom is -0.417 e. The second-order valence-corrected chi connectivity index (χ2v) is 7.53. The fraction of sp³-hybridized carbons (Fsp3) is 0.190. The van der Waals surface area contributed by atoms with Gasteiger partial charge in [0.15, 0.2) is 0 Å². The average Bonchev–Trinajstić information content (AvgIpc) is 3.15. The highest BCUT2D eigenvalue weighted by molar-refractivity contribution is 6.31. The number of nitrogens with two attached hydrogens (primary N) is 1. The van der Waals surface area contributed by atoms with Crippen molar-refractivity contribution in [2.45, 2.75) is 26.8 Å². The molecule has 0 radical (unpaired) electrons. The van der Waals surface area contributed by atoms with E-state index in [-0.39, 0.29) is 30.3 Å². The quantitative estimate of drug-likeness (QED) is 0.487. The fourth-order valence-electron chi connectivity index (χ4n) is 3.33. The molecule has 0 bridgehead atoms. The first-order valence-electron chi connectivity index (χ1n) is 9.37. The summed E-state index contributed by atoms with van der Waals surface area (Å²) < 4.78 is 19.8. The molecule has 4 rings (SSSR count). The molecule has 3 aromatic heterocycles. The highest BCUT2D eigenvalue weighted by Crippen LogP contribution is 2.23. The van der Waals surface area contributed by atoms with Crippen molar-refractivity contribution < 1.29 is 13.6 Å². The molecule has 4 aromatic rings. The third-order valence-electron chi connectivity index (χ3n) is 4.78. The number of anilines is 1. The van der Waals surface area contributed by atoms with Gasteiger partial charge in [-0.1, -0.05) is 11.6 Å². The number of nitrogens with zero attached hydrogens (tertiary/aromatic N) is 4. The van der Waals surface area contributed by atoms with Crippen molar-refractivity contribution in [3.8, 4) is 0 Å². The second-order valence-electron chi connectivity index (χ2n) is 7.09. The number of pyridine rings is 2. The number of amides is 1. The standard InChI is InChI=1S/C21H18ClFN6O2/c1-10-3-17(24)27-11(2)15(10)9-26-20(30)21-29-28-18(31-21)6-12-4-13-7-14(22)8-25-19(13)16(23)5-12/h3-5,7-8H,6,9H2,1-2H3,(H2,24,27)(H,26,30). The third-order valence-corrected chi connectivity index (χ3v) is 4.99. The molecule has 0 unspecified atom stereocenters. The topological polar surface area (TPSA) is 120 Å². The van der Waals surface area contributed by atoms with Crippen LogP contribution in [0.5, 0.6) is 0 Å². The van der Waals surface area contributed by atoms with Gasteiger partial charge < -0.3 is 15.5 Å². The lowest BCUT2D eigenvalue weighted by Gasteiger charge is -2.10. The molecule has 0 saturated carbocycles. The number of aromatic nitrogens is 4. The number of hydrogen-bond acceptors (Lipinski definition) is 7. The van der Waals surface area contributed by atoms with E-state index >= 15 is 0 Å². The Labute approximate surface area is 181 Å². The van der Waals surface area contributed by atoms with E-state index in [0.717, 1.165) is 16.8 Å². The molecule has 0 aliphatic heterocycles. The lowest BCUT2D eigenvalue weighted by Crippen LogP contribution is -2.24. The van der Waals surface area contributed by atoms with Crippen LogP contribution in [0.15, 0.2) is 34.9 Å². The van der Waals surface area contributed by atoms with Gasteiger partial charge in [0.25, 0.3) is 0 Å². The van der Waals surface area contributed by atoms with Gasteiger partial charge in [-0.25, -0.2) is 9.37 Å². The number of nitrogen functional groups attached to an aromatic ring is 1. The molecule has 8 nitrogen and oxygen atoms in total. The van der Waals surface area contributed by atoms with Crippen LogP contribution in [0.2, 0.25) is 5.02 Å². The van der Waals surface area contributed by atoms with Crippen molar-refractivity contribution in [3.63, 3.8) is 0 Å². The number of hydrogen-bond donors (Lipinski definition) is 2. The summed E-state index contributed by atoms with van der Waals surface area (Å²) in [7, 11) is 0. The van der Waals surface area contributed by atoms with Crippen LogP contribution in [0.3, 0.4) is 0 Å². The number of fused-ring (bicyclic) bond motifs is 1. The number of carbonyl (C=O) groups is 1. The van der Waals surface area contributed by atoms with Crippen LogP contribution in [-0.2, 0) is 13.0 Å². The molecule has 1 aromatic carbocycles. The molecule has 31 heavy (non-hydrogen) atoms. The second kappa shape index (κ2) is 8.27. The summed E-state index contributed by atoms with van der Waals surface area (Å²) in [6.45, 7) is 3.95. The Balaban J connectivity index is 1.47. The molecule has 1 amide bonds. The summed E-state index contributed by atoms with van der Waals surface area (Å²) in [5.41, 5.74) is 9.05. The zero-order chi connectivity index (χ0) is 22.1. The van der Waals surface area contributed by atoms with Crippen molar-refractivity contribution in [1.82, 2.24) is 25.5 Å². The minimum absolute atomic E-state index is 0.153. The van der Waals surface area contributed by atoms with E-state index in [1.165, 1.54) is 12.3 Å². The predicted octanol–water partition coefficient (Wildman–Crippen LogP) is 3.53. The van der Waals surface area contributed by atoms with Gasteiger partial charge in [-0.2, -0.15) is 0 Å². The van der Waals surface area contributed by atoms with E-state index in [2.05, 4.69) is 25.5 Å². The van der Waals surface area contributed by atoms with Crippen molar-refractivity contribution in [2.75, 3.05) is 5.73 Å². The molecule has 0 aliphatic rings. The molecule has 158 valence electrons. The summed E-state index contributed by atoms with van der Waals surface area (Å²) in [5.74, 6) is -0.575. The number of rotatable bonds is 5. The summed E-state index contributed by atoms with van der Waals surface area (Å²) >= 11 is 5.94. The van der Waals surface area contributed by atoms with E-state index in [4.69, 9.17) is 21.8 Å². The molecule has 10 heteroatoms. The molecule has 0 aliphatic carbocycles. The summed E-state index contributed by atoms with van der Waals surface area (Å²) in [5, 5.41) is 11.4. The molecular formula is C21H18ClFN6O2. The van der Waals surface area contributed by atoms with E-state index in [1.54, 1.807) is 18.2 Å². The van der Waals surface area contributed by atoms with Gasteiger partial charge in [-0.05, 0) is 54.8 Å². The number of halogens is 2. The molecule has 3 N–H and O–H groups in total. The molecule has 0 atom stereocenters. The Kier molecular flexibility index (Phi) is 5.51. The van der Waals surface area contributed by atoms with Gasteiger partial charge in [0, 0.05) is 23.8 Å². The van der Waals surface area contributed by atoms with Gasteiger partial charge in [-0.3, -0.25) is 9.78 Å². The van der Waals surface area contributed by atoms with Gasteiger partial charge in [0.1, 0.15) is 17.2 Å². The van der Waals surface area contributed by atoms with Crippen LogP contribution in [0.25, 0.3) is 10.9 Å². The van der Waals surface area contributed by atoms with Crippen LogP contribution in [-0.4, -0.2) is 26.1 Å². The first-order valence-corrected chi connectivity index (χ1v) is 9.75. The largest absolute Gasteiger partial charge is 0.417 e. The maximum absolute atomic E-state index is 14.3. The maximum atomic E-state index is 14.3. The van der Waals surface area contributed by atoms with E-state index in [1.807, 2.05) is 13.8 Å². The van der Waals surface area contributed by atoms with Crippen LogP contribution >= 0.6 is 11.6 Å². The monoisotopic (exact) mass is 440 g/mol. The number of nitrogens with one attached hydrogen (secondary N) is 1. The fourth-order valence-corrected chi connectivity index (χ4v) is 3.50. The van der Waals surface area contributed by atoms with Crippen LogP contribution in [0.4, 0.5) is 10.2 Å². The molecule has 3 heterocycles. The average molecular weight is 441 g/mol. The van der Waals surface area contributed by atoms with Gasteiger partial charge in [-0.15, -0.1) is 10.2 Å². The predicted molar refractivity (Wildman–Crippen MR) is 113 cm³/mol. The van der Waals surface area contributed by atoms with Crippen LogP contribution < -0.4 is 11.1 Å². The van der Waals surface area contributed by atoms with E-state index < -0.39 is 11.7 Å². The first-order chi connectivity index (χ1) is 14.8. The summed E-state index contributed by atoms with van der Waals surface area (Å²) in [6, 6.07) is 6.44. The minimum atomic E-state index is -0.518. The highest BCUT2D eigenvalue weighted by atomic mass is 35.5. The molecular weight excluding hydrogens is 423 g/mol. The Hall–Kier alpha value is -3.59. The zero-order valence-electron chi connectivity index (χ0n) is 16.7. The van der Waals surface area contributed by atoms with Crippen molar-refractivity contribution in [2.24, 2.45) is 0 Å². The first kappa shape index (κ1) is 20.7. The highest BCUT2D eigenvalue weighted by Gasteiger charge is 2.17. The normalized spacial score (nSPS) is 11.1. The molecule has 0 spiro atoms. The Morgan fingerprint density at radius 3 is 2.81 bits per heavy atom. The molecule has 0 saturated heterocycles. The molecule has 0 fully saturated rings. The van der Waals surface area contributed by atoms with E-state index in [0.29, 0.717) is 21.8 Å². The third kappa shape index (κ3) is 4.46. The number of carbonyl (C=O) groups excluding carboxylic acids is 1. The van der Waals surface area contributed by atoms with Crippen LogP contribution in [0, 0.1) is 19.7 Å². The lowest BCUT2D eigenvalue weighted by molar-refractivity contribution is 0.0914. The SMILES string of the molecule is Cc1cc(N)nc(C)c1CNC(=O)c1nnc(Cc2cc(F)c3ncc(Cl)cc3c2)o1. The lowest BCUT2D eigenvalue weighted by atomic mass is 10.1. The Morgan fingerprint density at radius 1 is 1.23 bits per heavy atom.